The third-order valence-corrected chi connectivity index (χ3v) is 4.11. The summed E-state index contributed by atoms with van der Waals surface area (Å²) in [6.45, 7) is 3.58. The van der Waals surface area contributed by atoms with Crippen LogP contribution < -0.4 is 10.1 Å². The molecule has 1 heterocycles. The number of likely N-dealkylation sites (tertiary alicyclic amines) is 1. The Morgan fingerprint density at radius 2 is 2.36 bits per heavy atom. The minimum absolute atomic E-state index is 0.0338. The van der Waals surface area contributed by atoms with Crippen molar-refractivity contribution >= 4 is 6.03 Å². The zero-order valence-corrected chi connectivity index (χ0v) is 13.4. The Bertz CT molecular complexity index is 493. The average molecular weight is 306 g/mol. The second kappa shape index (κ2) is 8.03. The quantitative estimate of drug-likeness (QED) is 0.875. The number of nitrogens with one attached hydrogen (secondary N) is 1. The van der Waals surface area contributed by atoms with Gasteiger partial charge < -0.3 is 20.1 Å². The molecule has 1 fully saturated rings. The second-order valence-corrected chi connectivity index (χ2v) is 6.04. The molecule has 2 amide bonds. The highest BCUT2D eigenvalue weighted by Crippen LogP contribution is 2.17. The number of piperidine rings is 1. The van der Waals surface area contributed by atoms with Gasteiger partial charge in [0.1, 0.15) is 5.75 Å². The van der Waals surface area contributed by atoms with Crippen LogP contribution >= 0.6 is 0 Å². The number of aliphatic hydroxyl groups excluding tert-OH is 1. The van der Waals surface area contributed by atoms with Crippen molar-refractivity contribution in [2.75, 3.05) is 26.8 Å². The molecule has 1 saturated heterocycles. The zero-order chi connectivity index (χ0) is 15.9. The van der Waals surface area contributed by atoms with Gasteiger partial charge in [-0.25, -0.2) is 4.79 Å². The molecule has 5 heteroatoms. The summed E-state index contributed by atoms with van der Waals surface area (Å²) in [5.74, 6) is 1.05. The Labute approximate surface area is 132 Å². The molecule has 0 aliphatic carbocycles. The molecule has 0 saturated carbocycles. The van der Waals surface area contributed by atoms with Gasteiger partial charge in [0.15, 0.2) is 0 Å². The summed E-state index contributed by atoms with van der Waals surface area (Å²) < 4.78 is 5.22. The van der Waals surface area contributed by atoms with Gasteiger partial charge in [-0.05, 0) is 49.8 Å². The lowest BCUT2D eigenvalue weighted by Gasteiger charge is -2.32. The Morgan fingerprint density at radius 1 is 1.55 bits per heavy atom. The van der Waals surface area contributed by atoms with Crippen molar-refractivity contribution in [3.8, 4) is 5.75 Å². The molecular formula is C17H26N2O3. The molecule has 2 atom stereocenters. The number of rotatable bonds is 5. The van der Waals surface area contributed by atoms with E-state index >= 15 is 0 Å². The van der Waals surface area contributed by atoms with E-state index in [-0.39, 0.29) is 24.6 Å². The maximum atomic E-state index is 12.3. The molecule has 0 radical (unpaired) electrons. The SMILES string of the molecule is COc1cccc(CC(C)NC(=O)N2CCCC(CO)C2)c1. The van der Waals surface area contributed by atoms with Gasteiger partial charge in [0.2, 0.25) is 0 Å². The van der Waals surface area contributed by atoms with Crippen molar-refractivity contribution < 1.29 is 14.6 Å². The topological polar surface area (TPSA) is 61.8 Å². The summed E-state index contributed by atoms with van der Waals surface area (Å²) in [4.78, 5) is 14.1. The van der Waals surface area contributed by atoms with Crippen LogP contribution in [0.3, 0.4) is 0 Å². The molecule has 0 spiro atoms. The highest BCUT2D eigenvalue weighted by atomic mass is 16.5. The summed E-state index contributed by atoms with van der Waals surface area (Å²) in [5, 5.41) is 12.3. The third kappa shape index (κ3) is 4.63. The highest BCUT2D eigenvalue weighted by molar-refractivity contribution is 5.74. The molecular weight excluding hydrogens is 280 g/mol. The van der Waals surface area contributed by atoms with E-state index in [1.807, 2.05) is 36.1 Å². The number of nitrogens with zero attached hydrogens (tertiary/aromatic N) is 1. The fraction of sp³-hybridized carbons (Fsp3) is 0.588. The van der Waals surface area contributed by atoms with Crippen LogP contribution in [0.5, 0.6) is 5.75 Å². The predicted molar refractivity (Wildman–Crippen MR) is 86.1 cm³/mol. The summed E-state index contributed by atoms with van der Waals surface area (Å²) in [6, 6.07) is 7.91. The van der Waals surface area contributed by atoms with Crippen molar-refractivity contribution in [1.29, 1.82) is 0 Å². The largest absolute Gasteiger partial charge is 0.497 e. The van der Waals surface area contributed by atoms with Crippen LogP contribution in [0.1, 0.15) is 25.3 Å². The van der Waals surface area contributed by atoms with Gasteiger partial charge in [-0.2, -0.15) is 0 Å². The normalized spacial score (nSPS) is 19.6. The Kier molecular flexibility index (Phi) is 6.07. The summed E-state index contributed by atoms with van der Waals surface area (Å²) >= 11 is 0. The number of methoxy groups -OCH3 is 1. The van der Waals surface area contributed by atoms with E-state index in [4.69, 9.17) is 4.74 Å². The lowest BCUT2D eigenvalue weighted by Crippen LogP contribution is -2.48. The van der Waals surface area contributed by atoms with Crippen molar-refractivity contribution in [2.24, 2.45) is 5.92 Å². The van der Waals surface area contributed by atoms with E-state index in [2.05, 4.69) is 5.32 Å². The molecule has 0 bridgehead atoms. The van der Waals surface area contributed by atoms with E-state index in [0.717, 1.165) is 37.1 Å². The van der Waals surface area contributed by atoms with Crippen LogP contribution in [-0.2, 0) is 6.42 Å². The molecule has 1 aromatic rings. The minimum atomic E-state index is -0.0338. The number of aliphatic hydroxyl groups is 1. The van der Waals surface area contributed by atoms with Crippen molar-refractivity contribution in [3.05, 3.63) is 29.8 Å². The molecule has 5 nitrogen and oxygen atoms in total. The van der Waals surface area contributed by atoms with E-state index < -0.39 is 0 Å². The molecule has 1 aliphatic heterocycles. The van der Waals surface area contributed by atoms with Crippen molar-refractivity contribution in [3.63, 3.8) is 0 Å². The maximum Gasteiger partial charge on any atom is 0.317 e. The first-order valence-corrected chi connectivity index (χ1v) is 7.91. The third-order valence-electron chi connectivity index (χ3n) is 4.11. The van der Waals surface area contributed by atoms with Crippen molar-refractivity contribution in [2.45, 2.75) is 32.2 Å². The molecule has 2 rings (SSSR count). The number of carbonyl (C=O) groups is 1. The van der Waals surface area contributed by atoms with Crippen molar-refractivity contribution in [1.82, 2.24) is 10.2 Å². The number of ether oxygens (including phenoxy) is 1. The van der Waals surface area contributed by atoms with E-state index in [9.17, 15) is 9.90 Å². The molecule has 1 aromatic carbocycles. The Hall–Kier alpha value is -1.75. The summed E-state index contributed by atoms with van der Waals surface area (Å²) in [5.41, 5.74) is 1.14. The van der Waals surface area contributed by atoms with E-state index in [1.54, 1.807) is 7.11 Å². The van der Waals surface area contributed by atoms with Crippen LogP contribution in [0.4, 0.5) is 4.79 Å². The van der Waals surface area contributed by atoms with Gasteiger partial charge in [0.25, 0.3) is 0 Å². The fourth-order valence-corrected chi connectivity index (χ4v) is 2.90. The van der Waals surface area contributed by atoms with Gasteiger partial charge in [0.05, 0.1) is 7.11 Å². The van der Waals surface area contributed by atoms with Crippen LogP contribution in [0.25, 0.3) is 0 Å². The van der Waals surface area contributed by atoms with Crippen LogP contribution in [0, 0.1) is 5.92 Å². The van der Waals surface area contributed by atoms with Crippen LogP contribution in [0.2, 0.25) is 0 Å². The monoisotopic (exact) mass is 306 g/mol. The number of benzene rings is 1. The first-order chi connectivity index (χ1) is 10.6. The molecule has 2 N–H and O–H groups in total. The van der Waals surface area contributed by atoms with Gasteiger partial charge in [-0.1, -0.05) is 12.1 Å². The minimum Gasteiger partial charge on any atom is -0.497 e. The molecule has 2 unspecified atom stereocenters. The summed E-state index contributed by atoms with van der Waals surface area (Å²) in [7, 11) is 1.65. The average Bonchev–Trinajstić information content (AvgIpc) is 2.54. The predicted octanol–water partition coefficient (Wildman–Crippen LogP) is 2.04. The smallest absolute Gasteiger partial charge is 0.317 e. The van der Waals surface area contributed by atoms with E-state index in [0.29, 0.717) is 6.54 Å². The number of carbonyl (C=O) groups excluding carboxylic acids is 1. The second-order valence-electron chi connectivity index (χ2n) is 6.04. The number of urea groups is 1. The fourth-order valence-electron chi connectivity index (χ4n) is 2.90. The first-order valence-electron chi connectivity index (χ1n) is 7.91. The number of amides is 2. The standard InChI is InChI=1S/C17H26N2O3/c1-13(9-14-5-3-7-16(10-14)22-2)18-17(21)19-8-4-6-15(11-19)12-20/h3,5,7,10,13,15,20H,4,6,8-9,11-12H2,1-2H3,(H,18,21). The lowest BCUT2D eigenvalue weighted by atomic mass is 9.99. The van der Waals surface area contributed by atoms with Crippen LogP contribution in [-0.4, -0.2) is 48.9 Å². The van der Waals surface area contributed by atoms with Gasteiger partial charge >= 0.3 is 6.03 Å². The zero-order valence-electron chi connectivity index (χ0n) is 13.4. The molecule has 1 aliphatic rings. The van der Waals surface area contributed by atoms with E-state index in [1.165, 1.54) is 0 Å². The Morgan fingerprint density at radius 3 is 3.09 bits per heavy atom. The maximum absolute atomic E-state index is 12.3. The highest BCUT2D eigenvalue weighted by Gasteiger charge is 2.23. The molecule has 22 heavy (non-hydrogen) atoms. The van der Waals surface area contributed by atoms with Crippen LogP contribution in [0.15, 0.2) is 24.3 Å². The lowest BCUT2D eigenvalue weighted by molar-refractivity contribution is 0.128. The number of hydrogen-bond donors (Lipinski definition) is 2. The molecule has 0 aromatic heterocycles. The number of hydrogen-bond acceptors (Lipinski definition) is 3. The first kappa shape index (κ1) is 16.6. The van der Waals surface area contributed by atoms with Gasteiger partial charge in [0, 0.05) is 25.7 Å². The van der Waals surface area contributed by atoms with Gasteiger partial charge in [-0.15, -0.1) is 0 Å². The summed E-state index contributed by atoms with van der Waals surface area (Å²) in [6.07, 6.45) is 2.72. The molecule has 122 valence electrons. The Balaban J connectivity index is 1.85. The van der Waals surface area contributed by atoms with Gasteiger partial charge in [-0.3, -0.25) is 0 Å².